The minimum atomic E-state index is -0.146. The number of carbonyl (C=O) groups is 2. The molecule has 1 spiro atoms. The van der Waals surface area contributed by atoms with Gasteiger partial charge >= 0.3 is 6.03 Å². The fourth-order valence-electron chi connectivity index (χ4n) is 5.71. The highest BCUT2D eigenvalue weighted by Gasteiger charge is 2.54. The second-order valence-electron chi connectivity index (χ2n) is 9.82. The molecule has 1 saturated heterocycles. The van der Waals surface area contributed by atoms with Crippen LogP contribution in [0.2, 0.25) is 0 Å². The number of benzene rings is 1. The Morgan fingerprint density at radius 2 is 1.84 bits per heavy atom. The van der Waals surface area contributed by atoms with Gasteiger partial charge in [-0.3, -0.25) is 4.79 Å². The first-order valence-electron chi connectivity index (χ1n) is 12.1. The van der Waals surface area contributed by atoms with Gasteiger partial charge in [-0.25, -0.2) is 4.79 Å². The Kier molecular flexibility index (Phi) is 6.56. The second-order valence-corrected chi connectivity index (χ2v) is 9.82. The van der Waals surface area contributed by atoms with Crippen LogP contribution in [0.1, 0.15) is 63.9 Å². The van der Waals surface area contributed by atoms with Gasteiger partial charge in [-0.1, -0.05) is 43.7 Å². The molecule has 2 N–H and O–H groups in total. The molecule has 1 aromatic rings. The molecule has 3 amide bonds. The lowest BCUT2D eigenvalue weighted by Crippen LogP contribution is -2.56. The predicted molar refractivity (Wildman–Crippen MR) is 123 cm³/mol. The van der Waals surface area contributed by atoms with E-state index in [4.69, 9.17) is 0 Å². The van der Waals surface area contributed by atoms with Crippen molar-refractivity contribution in [1.29, 1.82) is 0 Å². The van der Waals surface area contributed by atoms with Crippen molar-refractivity contribution in [3.05, 3.63) is 35.9 Å². The van der Waals surface area contributed by atoms with Gasteiger partial charge in [-0.2, -0.15) is 0 Å². The number of nitrogens with zero attached hydrogens (tertiary/aromatic N) is 2. The highest BCUT2D eigenvalue weighted by Crippen LogP contribution is 2.47. The first-order chi connectivity index (χ1) is 15.0. The van der Waals surface area contributed by atoms with Gasteiger partial charge in [0, 0.05) is 25.2 Å². The van der Waals surface area contributed by atoms with Crippen LogP contribution in [0.15, 0.2) is 30.3 Å². The predicted octanol–water partition coefficient (Wildman–Crippen LogP) is 3.48. The average molecular weight is 427 g/mol. The van der Waals surface area contributed by atoms with Crippen molar-refractivity contribution in [1.82, 2.24) is 20.4 Å². The monoisotopic (exact) mass is 426 g/mol. The van der Waals surface area contributed by atoms with Crippen molar-refractivity contribution in [2.24, 2.45) is 5.92 Å². The molecular formula is C25H38N4O2. The zero-order valence-corrected chi connectivity index (χ0v) is 19.2. The highest BCUT2D eigenvalue weighted by atomic mass is 16.2. The maximum Gasteiger partial charge on any atom is 0.321 e. The summed E-state index contributed by atoms with van der Waals surface area (Å²) in [7, 11) is 2.06. The number of carbonyl (C=O) groups excluding carboxylic acids is 2. The first-order valence-corrected chi connectivity index (χ1v) is 12.1. The molecule has 170 valence electrons. The van der Waals surface area contributed by atoms with E-state index in [0.29, 0.717) is 19.0 Å². The summed E-state index contributed by atoms with van der Waals surface area (Å²) in [4.78, 5) is 29.8. The van der Waals surface area contributed by atoms with Crippen LogP contribution in [-0.4, -0.2) is 60.5 Å². The molecule has 2 aliphatic carbocycles. The van der Waals surface area contributed by atoms with Crippen LogP contribution >= 0.6 is 0 Å². The number of nitrogens with one attached hydrogen (secondary N) is 2. The topological polar surface area (TPSA) is 64.7 Å². The van der Waals surface area contributed by atoms with E-state index in [0.717, 1.165) is 38.6 Å². The molecule has 0 bridgehead atoms. The third-order valence-corrected chi connectivity index (χ3v) is 7.97. The van der Waals surface area contributed by atoms with Crippen molar-refractivity contribution in [2.45, 2.75) is 69.4 Å². The van der Waals surface area contributed by atoms with Crippen molar-refractivity contribution < 1.29 is 9.59 Å². The van der Waals surface area contributed by atoms with Crippen LogP contribution in [0.25, 0.3) is 0 Å². The highest BCUT2D eigenvalue weighted by molar-refractivity contribution is 5.86. The summed E-state index contributed by atoms with van der Waals surface area (Å²) in [5.74, 6) is 0.584. The standard InChI is InChI=1S/C25H38N4O2/c1-3-16-27-22(30)18-28-19-24(29(23(28)31)17-20-8-7-9-20)12-14-25(26-2,15-13-24)21-10-5-4-6-11-21/h4-6,10-11,20,26H,3,7-9,12-19H2,1-2H3,(H,27,30). The molecule has 31 heavy (non-hydrogen) atoms. The Labute approximate surface area is 186 Å². The summed E-state index contributed by atoms with van der Waals surface area (Å²) >= 11 is 0. The van der Waals surface area contributed by atoms with E-state index in [9.17, 15) is 9.59 Å². The molecule has 3 aliphatic rings. The molecule has 1 heterocycles. The van der Waals surface area contributed by atoms with Gasteiger partial charge in [0.25, 0.3) is 0 Å². The van der Waals surface area contributed by atoms with Crippen LogP contribution < -0.4 is 10.6 Å². The normalized spacial score (nSPS) is 28.8. The van der Waals surface area contributed by atoms with Gasteiger partial charge in [0.15, 0.2) is 0 Å². The maximum atomic E-state index is 13.4. The number of hydrogen-bond donors (Lipinski definition) is 2. The summed E-state index contributed by atoms with van der Waals surface area (Å²) in [6.07, 6.45) is 8.56. The van der Waals surface area contributed by atoms with Crippen LogP contribution in [0.4, 0.5) is 4.79 Å². The van der Waals surface area contributed by atoms with E-state index in [1.54, 1.807) is 4.90 Å². The summed E-state index contributed by atoms with van der Waals surface area (Å²) in [6, 6.07) is 10.8. The molecule has 6 nitrogen and oxygen atoms in total. The van der Waals surface area contributed by atoms with Crippen molar-refractivity contribution in [3.8, 4) is 0 Å². The molecule has 2 saturated carbocycles. The largest absolute Gasteiger partial charge is 0.355 e. The summed E-state index contributed by atoms with van der Waals surface area (Å²) in [6.45, 7) is 4.41. The molecule has 6 heteroatoms. The van der Waals surface area contributed by atoms with Gasteiger partial charge < -0.3 is 20.4 Å². The van der Waals surface area contributed by atoms with E-state index < -0.39 is 0 Å². The zero-order valence-electron chi connectivity index (χ0n) is 19.2. The van der Waals surface area contributed by atoms with E-state index >= 15 is 0 Å². The molecule has 0 aromatic heterocycles. The van der Waals surface area contributed by atoms with Crippen LogP contribution in [-0.2, 0) is 10.3 Å². The molecule has 3 fully saturated rings. The molecule has 0 unspecified atom stereocenters. The number of rotatable bonds is 8. The van der Waals surface area contributed by atoms with Gasteiger partial charge in [-0.15, -0.1) is 0 Å². The Balaban J connectivity index is 1.51. The first kappa shape index (κ1) is 22.1. The lowest BCUT2D eigenvalue weighted by Gasteiger charge is -2.49. The molecule has 0 atom stereocenters. The Bertz CT molecular complexity index is 769. The third kappa shape index (κ3) is 4.32. The van der Waals surface area contributed by atoms with Gasteiger partial charge in [0.2, 0.25) is 5.91 Å². The van der Waals surface area contributed by atoms with E-state index in [-0.39, 0.29) is 29.6 Å². The Hall–Kier alpha value is -2.08. The SMILES string of the molecule is CCCNC(=O)CN1CC2(CCC(NC)(c3ccccc3)CC2)N(CC2CCC2)C1=O. The second kappa shape index (κ2) is 9.19. The summed E-state index contributed by atoms with van der Waals surface area (Å²) in [5.41, 5.74) is 1.15. The van der Waals surface area contributed by atoms with Crippen LogP contribution in [0, 0.1) is 5.92 Å². The maximum absolute atomic E-state index is 13.4. The Morgan fingerprint density at radius 1 is 1.13 bits per heavy atom. The van der Waals surface area contributed by atoms with Gasteiger partial charge in [0.1, 0.15) is 6.54 Å². The smallest absolute Gasteiger partial charge is 0.321 e. The van der Waals surface area contributed by atoms with Crippen LogP contribution in [0.3, 0.4) is 0 Å². The van der Waals surface area contributed by atoms with Gasteiger partial charge in [0.05, 0.1) is 5.54 Å². The molecule has 4 rings (SSSR count). The van der Waals surface area contributed by atoms with Crippen LogP contribution in [0.5, 0.6) is 0 Å². The lowest BCUT2D eigenvalue weighted by molar-refractivity contribution is -0.121. The lowest BCUT2D eigenvalue weighted by atomic mass is 9.68. The third-order valence-electron chi connectivity index (χ3n) is 7.97. The Morgan fingerprint density at radius 3 is 2.42 bits per heavy atom. The molecule has 0 radical (unpaired) electrons. The molecule has 1 aliphatic heterocycles. The number of amides is 3. The van der Waals surface area contributed by atoms with E-state index in [2.05, 4.69) is 52.9 Å². The van der Waals surface area contributed by atoms with Gasteiger partial charge in [-0.05, 0) is 63.5 Å². The minimum Gasteiger partial charge on any atom is -0.355 e. The van der Waals surface area contributed by atoms with Crippen molar-refractivity contribution in [3.63, 3.8) is 0 Å². The van der Waals surface area contributed by atoms with Crippen molar-refractivity contribution >= 4 is 11.9 Å². The van der Waals surface area contributed by atoms with Crippen molar-refractivity contribution in [2.75, 3.05) is 33.2 Å². The summed E-state index contributed by atoms with van der Waals surface area (Å²) in [5, 5.41) is 6.55. The number of urea groups is 1. The molecule has 1 aromatic carbocycles. The van der Waals surface area contributed by atoms with E-state index in [1.165, 1.54) is 24.8 Å². The fraction of sp³-hybridized carbons (Fsp3) is 0.680. The quantitative estimate of drug-likeness (QED) is 0.669. The fourth-order valence-corrected chi connectivity index (χ4v) is 5.71. The molecular weight excluding hydrogens is 388 g/mol. The number of hydrogen-bond acceptors (Lipinski definition) is 3. The zero-order chi connectivity index (χ0) is 21.9. The average Bonchev–Trinajstić information content (AvgIpc) is 3.01. The van der Waals surface area contributed by atoms with E-state index in [1.807, 2.05) is 6.92 Å². The minimum absolute atomic E-state index is 0.0381. The summed E-state index contributed by atoms with van der Waals surface area (Å²) < 4.78 is 0.